The van der Waals surface area contributed by atoms with Crippen LogP contribution < -0.4 is 5.43 Å². The molecule has 3 aromatic rings. The maximum absolute atomic E-state index is 12.4. The van der Waals surface area contributed by atoms with Gasteiger partial charge in [-0.25, -0.2) is 9.80 Å². The number of amides is 1. The third-order valence-corrected chi connectivity index (χ3v) is 4.96. The van der Waals surface area contributed by atoms with Gasteiger partial charge in [0.15, 0.2) is 6.10 Å². The number of hydrazine groups is 1. The lowest BCUT2D eigenvalue weighted by Gasteiger charge is -2.25. The number of aliphatic hydroxyl groups excluding tert-OH is 1. The molecule has 1 aromatic heterocycles. The summed E-state index contributed by atoms with van der Waals surface area (Å²) in [4.78, 5) is 24.4. The molecule has 1 unspecified atom stereocenters. The number of rotatable bonds is 9. The van der Waals surface area contributed by atoms with Crippen molar-refractivity contribution in [2.45, 2.75) is 32.6 Å². The van der Waals surface area contributed by atoms with Crippen LogP contribution >= 0.6 is 23.2 Å². The minimum atomic E-state index is -1.48. The predicted octanol–water partition coefficient (Wildman–Crippen LogP) is 2.63. The first-order valence-electron chi connectivity index (χ1n) is 9.95. The predicted molar refractivity (Wildman–Crippen MR) is 121 cm³/mol. The Balaban J connectivity index is 1.76. The summed E-state index contributed by atoms with van der Waals surface area (Å²) in [7, 11) is 0. The van der Waals surface area contributed by atoms with Crippen LogP contribution in [0.2, 0.25) is 10.0 Å². The van der Waals surface area contributed by atoms with Crippen molar-refractivity contribution in [2.24, 2.45) is 0 Å². The molecular formula is C21H22Cl2N6O4. The highest BCUT2D eigenvalue weighted by Crippen LogP contribution is 2.30. The number of H-pyrrole nitrogens is 1. The second-order valence-corrected chi connectivity index (χ2v) is 8.22. The zero-order chi connectivity index (χ0) is 24.0. The third kappa shape index (κ3) is 6.96. The molecule has 0 spiro atoms. The van der Waals surface area contributed by atoms with Crippen molar-refractivity contribution in [3.8, 4) is 11.1 Å². The van der Waals surface area contributed by atoms with E-state index in [-0.39, 0.29) is 25.0 Å². The number of halogens is 2. The Kier molecular flexibility index (Phi) is 8.34. The maximum atomic E-state index is 12.4. The number of carbonyl (C=O) groups excluding carboxylic acids is 2. The Labute approximate surface area is 199 Å². The Morgan fingerprint density at radius 2 is 1.91 bits per heavy atom. The van der Waals surface area contributed by atoms with Crippen LogP contribution in [0, 0.1) is 0 Å². The van der Waals surface area contributed by atoms with Crippen LogP contribution in [0.3, 0.4) is 0 Å². The summed E-state index contributed by atoms with van der Waals surface area (Å²) < 4.78 is 5.03. The summed E-state index contributed by atoms with van der Waals surface area (Å²) in [5, 5.41) is 25.6. The third-order valence-electron chi connectivity index (χ3n) is 4.39. The van der Waals surface area contributed by atoms with Gasteiger partial charge in [-0.3, -0.25) is 10.2 Å². The minimum Gasteiger partial charge on any atom is -0.461 e. The molecule has 12 heteroatoms. The van der Waals surface area contributed by atoms with Crippen molar-refractivity contribution in [3.63, 3.8) is 0 Å². The molecule has 0 radical (unpaired) electrons. The molecule has 3 N–H and O–H groups in total. The summed E-state index contributed by atoms with van der Waals surface area (Å²) in [5.74, 6) is -1.64. The molecule has 3 rings (SSSR count). The van der Waals surface area contributed by atoms with Gasteiger partial charge in [0.2, 0.25) is 0 Å². The second-order valence-electron chi connectivity index (χ2n) is 7.38. The second kappa shape index (κ2) is 11.2. The van der Waals surface area contributed by atoms with E-state index in [4.69, 9.17) is 27.9 Å². The first kappa shape index (κ1) is 24.6. The van der Waals surface area contributed by atoms with E-state index >= 15 is 0 Å². The molecule has 10 nitrogen and oxygen atoms in total. The number of hydrogen-bond acceptors (Lipinski definition) is 8. The van der Waals surface area contributed by atoms with E-state index in [0.717, 1.165) is 16.7 Å². The lowest BCUT2D eigenvalue weighted by Crippen LogP contribution is -2.48. The van der Waals surface area contributed by atoms with Crippen molar-refractivity contribution < 1.29 is 19.4 Å². The Bertz CT molecular complexity index is 1090. The smallest absolute Gasteiger partial charge is 0.336 e. The monoisotopic (exact) mass is 492 g/mol. The molecule has 0 saturated heterocycles. The Morgan fingerprint density at radius 3 is 2.55 bits per heavy atom. The number of carbonyl (C=O) groups is 2. The highest BCUT2D eigenvalue weighted by molar-refractivity contribution is 6.35. The van der Waals surface area contributed by atoms with Crippen molar-refractivity contribution in [1.29, 1.82) is 0 Å². The van der Waals surface area contributed by atoms with Crippen LogP contribution in [0.4, 0.5) is 0 Å². The Morgan fingerprint density at radius 1 is 1.18 bits per heavy atom. The van der Waals surface area contributed by atoms with E-state index in [1.165, 1.54) is 5.01 Å². The van der Waals surface area contributed by atoms with Crippen LogP contribution in [0.25, 0.3) is 11.1 Å². The molecule has 1 amide bonds. The molecule has 174 valence electrons. The topological polar surface area (TPSA) is 133 Å². The molecular weight excluding hydrogens is 471 g/mol. The number of nitrogens with zero attached hydrogens (tertiary/aromatic N) is 4. The van der Waals surface area contributed by atoms with Crippen LogP contribution in [0.5, 0.6) is 0 Å². The van der Waals surface area contributed by atoms with E-state index in [9.17, 15) is 14.7 Å². The fourth-order valence-electron chi connectivity index (χ4n) is 2.92. The van der Waals surface area contributed by atoms with Crippen molar-refractivity contribution in [3.05, 3.63) is 63.9 Å². The molecule has 0 aliphatic carbocycles. The number of aromatic amines is 1. The quantitative estimate of drug-likeness (QED) is 0.306. The normalized spacial score (nSPS) is 12.1. The average molecular weight is 493 g/mol. The van der Waals surface area contributed by atoms with Crippen molar-refractivity contribution >= 4 is 35.1 Å². The van der Waals surface area contributed by atoms with E-state index in [2.05, 4.69) is 26.0 Å². The SMILES string of the molecule is CC(C)OC(=O)C(O)CN(Cc1ccc(-c2cc(Cl)ccc2Cl)cc1)NC(=O)c1nn[nH]n1. The van der Waals surface area contributed by atoms with Crippen LogP contribution in [-0.2, 0) is 16.1 Å². The first-order valence-corrected chi connectivity index (χ1v) is 10.7. The first-order chi connectivity index (χ1) is 15.7. The van der Waals surface area contributed by atoms with Gasteiger partial charge in [-0.1, -0.05) is 47.5 Å². The number of ether oxygens (including phenoxy) is 1. The summed E-state index contributed by atoms with van der Waals surface area (Å²) in [6, 6.07) is 12.6. The number of esters is 1. The summed E-state index contributed by atoms with van der Waals surface area (Å²) in [6.07, 6.45) is -1.87. The van der Waals surface area contributed by atoms with E-state index in [1.54, 1.807) is 32.0 Å². The molecule has 0 bridgehead atoms. The standard InChI is InChI=1S/C21H22Cl2N6O4/c1-12(2)33-21(32)18(30)11-29(26-20(31)19-24-27-28-25-19)10-13-3-5-14(6-4-13)16-9-15(22)7-8-17(16)23/h3-9,12,18,30H,10-11H2,1-2H3,(H,26,31)(H,24,25,27,28). The number of nitrogens with one attached hydrogen (secondary N) is 2. The molecule has 2 aromatic carbocycles. The number of hydrogen-bond donors (Lipinski definition) is 3. The van der Waals surface area contributed by atoms with Gasteiger partial charge in [0, 0.05) is 22.2 Å². The van der Waals surface area contributed by atoms with Gasteiger partial charge < -0.3 is 9.84 Å². The van der Waals surface area contributed by atoms with Gasteiger partial charge in [-0.05, 0) is 48.4 Å². The molecule has 0 fully saturated rings. The molecule has 0 saturated carbocycles. The molecule has 0 aliphatic heterocycles. The van der Waals surface area contributed by atoms with Gasteiger partial charge in [0.25, 0.3) is 5.82 Å². The number of benzene rings is 2. The van der Waals surface area contributed by atoms with Gasteiger partial charge in [-0.15, -0.1) is 10.2 Å². The van der Waals surface area contributed by atoms with Gasteiger partial charge in [0.1, 0.15) is 0 Å². The lowest BCUT2D eigenvalue weighted by molar-refractivity contribution is -0.158. The van der Waals surface area contributed by atoms with E-state index < -0.39 is 18.0 Å². The highest BCUT2D eigenvalue weighted by Gasteiger charge is 2.24. The molecule has 0 aliphatic rings. The Hall–Kier alpha value is -3.05. The lowest BCUT2D eigenvalue weighted by atomic mass is 10.0. The van der Waals surface area contributed by atoms with Gasteiger partial charge in [-0.2, -0.15) is 5.21 Å². The summed E-state index contributed by atoms with van der Waals surface area (Å²) >= 11 is 12.4. The largest absolute Gasteiger partial charge is 0.461 e. The van der Waals surface area contributed by atoms with Gasteiger partial charge >= 0.3 is 11.9 Å². The van der Waals surface area contributed by atoms with Crippen LogP contribution in [0.1, 0.15) is 30.0 Å². The van der Waals surface area contributed by atoms with Crippen LogP contribution in [-0.4, -0.2) is 61.4 Å². The molecule has 1 heterocycles. The van der Waals surface area contributed by atoms with Gasteiger partial charge in [0.05, 0.1) is 12.6 Å². The van der Waals surface area contributed by atoms with Crippen molar-refractivity contribution in [1.82, 2.24) is 31.1 Å². The molecule has 1 atom stereocenters. The number of aliphatic hydroxyl groups is 1. The summed E-state index contributed by atoms with van der Waals surface area (Å²) in [5.41, 5.74) is 5.00. The average Bonchev–Trinajstić information content (AvgIpc) is 3.30. The van der Waals surface area contributed by atoms with E-state index in [0.29, 0.717) is 10.0 Å². The summed E-state index contributed by atoms with van der Waals surface area (Å²) in [6.45, 7) is 3.29. The van der Waals surface area contributed by atoms with Crippen LogP contribution in [0.15, 0.2) is 42.5 Å². The fourth-order valence-corrected chi connectivity index (χ4v) is 3.32. The van der Waals surface area contributed by atoms with Crippen molar-refractivity contribution in [2.75, 3.05) is 6.54 Å². The fraction of sp³-hybridized carbons (Fsp3) is 0.286. The van der Waals surface area contributed by atoms with E-state index in [1.807, 2.05) is 24.3 Å². The number of aromatic nitrogens is 4. The zero-order valence-corrected chi connectivity index (χ0v) is 19.3. The minimum absolute atomic E-state index is 0.166. The maximum Gasteiger partial charge on any atom is 0.336 e. The number of tetrazole rings is 1. The molecule has 33 heavy (non-hydrogen) atoms. The zero-order valence-electron chi connectivity index (χ0n) is 17.8. The highest BCUT2D eigenvalue weighted by atomic mass is 35.5.